The SMILES string of the molecule is NC1(c2ccc(-n3nc(-c4cnn5cccnc45)[n+]4ccc5ncc(-c6ccccc6)cc5c34)cc2)CCC1. The molecule has 0 saturated heterocycles. The molecular formula is C31H25N8+. The first kappa shape index (κ1) is 22.1. The molecule has 8 nitrogen and oxygen atoms in total. The molecule has 7 aromatic rings. The molecule has 188 valence electrons. The highest BCUT2D eigenvalue weighted by Gasteiger charge is 2.34. The number of benzene rings is 2. The van der Waals surface area contributed by atoms with Gasteiger partial charge in [0.05, 0.1) is 28.4 Å². The molecule has 2 aromatic carbocycles. The molecule has 39 heavy (non-hydrogen) atoms. The van der Waals surface area contributed by atoms with Gasteiger partial charge < -0.3 is 5.73 Å². The summed E-state index contributed by atoms with van der Waals surface area (Å²) < 4.78 is 5.87. The molecule has 2 N–H and O–H groups in total. The van der Waals surface area contributed by atoms with E-state index in [9.17, 15) is 0 Å². The lowest BCUT2D eigenvalue weighted by Crippen LogP contribution is -2.43. The highest BCUT2D eigenvalue weighted by atomic mass is 15.4. The monoisotopic (exact) mass is 509 g/mol. The Morgan fingerprint density at radius 1 is 0.872 bits per heavy atom. The largest absolute Gasteiger partial charge is 0.321 e. The van der Waals surface area contributed by atoms with Crippen LogP contribution in [-0.2, 0) is 5.54 Å². The second-order valence-corrected chi connectivity index (χ2v) is 10.3. The zero-order chi connectivity index (χ0) is 26.0. The van der Waals surface area contributed by atoms with E-state index in [0.717, 1.165) is 63.2 Å². The van der Waals surface area contributed by atoms with Crippen molar-refractivity contribution in [3.05, 3.63) is 109 Å². The lowest BCUT2D eigenvalue weighted by atomic mass is 9.73. The number of fused-ring (bicyclic) bond motifs is 4. The number of hydrogen-bond acceptors (Lipinski definition) is 5. The molecule has 0 atom stereocenters. The summed E-state index contributed by atoms with van der Waals surface area (Å²) in [7, 11) is 0. The fraction of sp³-hybridized carbons (Fsp3) is 0.129. The van der Waals surface area contributed by atoms with Gasteiger partial charge in [0.15, 0.2) is 5.65 Å². The predicted octanol–water partition coefficient (Wildman–Crippen LogP) is 4.87. The van der Waals surface area contributed by atoms with E-state index in [1.54, 1.807) is 10.7 Å². The van der Waals surface area contributed by atoms with Gasteiger partial charge in [-0.05, 0) is 60.7 Å². The minimum atomic E-state index is -0.214. The molecule has 0 spiro atoms. The predicted molar refractivity (Wildman–Crippen MR) is 149 cm³/mol. The minimum Gasteiger partial charge on any atom is -0.321 e. The third kappa shape index (κ3) is 3.38. The van der Waals surface area contributed by atoms with Gasteiger partial charge in [-0.25, -0.2) is 9.50 Å². The third-order valence-corrected chi connectivity index (χ3v) is 7.95. The Balaban J connectivity index is 1.40. The number of pyridine rings is 2. The Kier molecular flexibility index (Phi) is 4.68. The van der Waals surface area contributed by atoms with E-state index >= 15 is 0 Å². The van der Waals surface area contributed by atoms with E-state index in [4.69, 9.17) is 15.8 Å². The molecule has 5 aromatic heterocycles. The molecule has 8 heteroatoms. The standard InChI is InChI=1S/C31H25N8/c32-31(13-4-14-31)23-8-10-24(11-9-23)39-30-25-18-22(21-6-2-1-3-7-21)19-34-27(25)12-17-37(30)29(36-39)26-20-35-38-16-5-15-33-28(26)38/h1-3,5-12,15-20H,4,13-14,32H2/q+1. The Labute approximate surface area is 224 Å². The van der Waals surface area contributed by atoms with Crippen molar-refractivity contribution in [1.29, 1.82) is 0 Å². The average Bonchev–Trinajstić information content (AvgIpc) is 3.58. The molecule has 1 fully saturated rings. The molecule has 0 bridgehead atoms. The lowest BCUT2D eigenvalue weighted by molar-refractivity contribution is -0.498. The molecule has 0 radical (unpaired) electrons. The van der Waals surface area contributed by atoms with E-state index in [1.165, 1.54) is 12.0 Å². The van der Waals surface area contributed by atoms with Crippen LogP contribution in [0.15, 0.2) is 104 Å². The second kappa shape index (κ2) is 8.28. The summed E-state index contributed by atoms with van der Waals surface area (Å²) in [4.78, 5) is 9.42. The van der Waals surface area contributed by atoms with E-state index in [1.807, 2.05) is 59.8 Å². The van der Waals surface area contributed by atoms with Gasteiger partial charge in [-0.2, -0.15) is 9.50 Å². The molecule has 1 aliphatic rings. The number of nitrogens with zero attached hydrogens (tertiary/aromatic N) is 7. The first-order valence-electron chi connectivity index (χ1n) is 13.2. The molecule has 5 heterocycles. The van der Waals surface area contributed by atoms with Crippen molar-refractivity contribution in [2.75, 3.05) is 0 Å². The van der Waals surface area contributed by atoms with Crippen molar-refractivity contribution in [2.24, 2.45) is 5.73 Å². The summed E-state index contributed by atoms with van der Waals surface area (Å²) in [6, 6.07) is 24.9. The molecule has 0 unspecified atom stereocenters. The van der Waals surface area contributed by atoms with Crippen molar-refractivity contribution in [3.8, 4) is 28.2 Å². The van der Waals surface area contributed by atoms with E-state index in [0.29, 0.717) is 0 Å². The van der Waals surface area contributed by atoms with E-state index in [-0.39, 0.29) is 5.54 Å². The van der Waals surface area contributed by atoms with Crippen LogP contribution in [0.2, 0.25) is 0 Å². The Morgan fingerprint density at radius 2 is 1.72 bits per heavy atom. The topological polar surface area (TPSA) is 91.0 Å². The van der Waals surface area contributed by atoms with Crippen molar-refractivity contribution in [1.82, 2.24) is 29.4 Å². The highest BCUT2D eigenvalue weighted by molar-refractivity contribution is 5.93. The van der Waals surface area contributed by atoms with Crippen molar-refractivity contribution >= 4 is 22.2 Å². The number of aromatic nitrogens is 7. The number of nitrogens with two attached hydrogens (primary N) is 1. The van der Waals surface area contributed by atoms with Crippen LogP contribution < -0.4 is 10.1 Å². The summed E-state index contributed by atoms with van der Waals surface area (Å²) in [5.74, 6) is 0.754. The van der Waals surface area contributed by atoms with Crippen LogP contribution in [0.25, 0.3) is 50.4 Å². The minimum absolute atomic E-state index is 0.214. The average molecular weight is 510 g/mol. The first-order chi connectivity index (χ1) is 19.2. The zero-order valence-electron chi connectivity index (χ0n) is 21.1. The van der Waals surface area contributed by atoms with Crippen molar-refractivity contribution in [3.63, 3.8) is 0 Å². The third-order valence-electron chi connectivity index (χ3n) is 7.95. The molecule has 0 aliphatic heterocycles. The Hall–Kier alpha value is -4.95. The Morgan fingerprint density at radius 3 is 2.51 bits per heavy atom. The smallest absolute Gasteiger partial charge is 0.319 e. The molecule has 1 saturated carbocycles. The van der Waals surface area contributed by atoms with Crippen molar-refractivity contribution in [2.45, 2.75) is 24.8 Å². The van der Waals surface area contributed by atoms with Gasteiger partial charge in [0.1, 0.15) is 11.3 Å². The maximum atomic E-state index is 6.62. The summed E-state index contributed by atoms with van der Waals surface area (Å²) in [6.45, 7) is 0. The van der Waals surface area contributed by atoms with Crippen LogP contribution in [-0.4, -0.2) is 29.4 Å². The van der Waals surface area contributed by atoms with Gasteiger partial charge in [0, 0.05) is 29.7 Å². The highest BCUT2D eigenvalue weighted by Crippen LogP contribution is 2.39. The summed E-state index contributed by atoms with van der Waals surface area (Å²) >= 11 is 0. The molecule has 1 aliphatic carbocycles. The summed E-state index contributed by atoms with van der Waals surface area (Å²) in [5, 5.41) is 10.7. The van der Waals surface area contributed by atoms with Crippen LogP contribution in [0.5, 0.6) is 0 Å². The van der Waals surface area contributed by atoms with Crippen LogP contribution >= 0.6 is 0 Å². The quantitative estimate of drug-likeness (QED) is 0.342. The second-order valence-electron chi connectivity index (χ2n) is 10.3. The van der Waals surface area contributed by atoms with Crippen LogP contribution in [0, 0.1) is 0 Å². The van der Waals surface area contributed by atoms with Crippen LogP contribution in [0.4, 0.5) is 0 Å². The van der Waals surface area contributed by atoms with Gasteiger partial charge >= 0.3 is 5.82 Å². The van der Waals surface area contributed by atoms with Crippen LogP contribution in [0.3, 0.4) is 0 Å². The number of hydrogen-bond donors (Lipinski definition) is 1. The number of rotatable bonds is 4. The fourth-order valence-electron chi connectivity index (χ4n) is 5.63. The maximum absolute atomic E-state index is 6.62. The van der Waals surface area contributed by atoms with E-state index < -0.39 is 0 Å². The lowest BCUT2D eigenvalue weighted by Gasteiger charge is -2.38. The van der Waals surface area contributed by atoms with Gasteiger partial charge in [-0.3, -0.25) is 4.98 Å². The molecule has 8 rings (SSSR count). The first-order valence-corrected chi connectivity index (χ1v) is 13.2. The van der Waals surface area contributed by atoms with Crippen molar-refractivity contribution < 1.29 is 4.40 Å². The molecule has 0 amide bonds. The normalized spacial score (nSPS) is 14.7. The van der Waals surface area contributed by atoms with Crippen LogP contribution in [0.1, 0.15) is 24.8 Å². The summed E-state index contributed by atoms with van der Waals surface area (Å²) in [5.41, 5.74) is 14.1. The van der Waals surface area contributed by atoms with E-state index in [2.05, 4.69) is 56.9 Å². The maximum Gasteiger partial charge on any atom is 0.319 e. The Bertz CT molecular complexity index is 2000. The summed E-state index contributed by atoms with van der Waals surface area (Å²) in [6.07, 6.45) is 12.7. The zero-order valence-corrected chi connectivity index (χ0v) is 21.1. The molecular weight excluding hydrogens is 484 g/mol. The van der Waals surface area contributed by atoms with Gasteiger partial charge in [-0.1, -0.05) is 47.1 Å². The van der Waals surface area contributed by atoms with Gasteiger partial charge in [0.2, 0.25) is 0 Å². The van der Waals surface area contributed by atoms with Gasteiger partial charge in [0.25, 0.3) is 5.65 Å². The fourth-order valence-corrected chi connectivity index (χ4v) is 5.63. The van der Waals surface area contributed by atoms with Gasteiger partial charge in [-0.15, -0.1) is 0 Å².